The van der Waals surface area contributed by atoms with Crippen molar-refractivity contribution in [1.82, 2.24) is 9.80 Å². The second kappa shape index (κ2) is 7.60. The largest absolute Gasteiger partial charge is 0.315 e. The van der Waals surface area contributed by atoms with Gasteiger partial charge in [-0.15, -0.1) is 0 Å². The molecular weight excluding hydrogens is 340 g/mol. The number of nitrogens with zero attached hydrogens (tertiary/aromatic N) is 2. The van der Waals surface area contributed by atoms with Gasteiger partial charge in [-0.25, -0.2) is 0 Å². The van der Waals surface area contributed by atoms with E-state index in [4.69, 9.17) is 0 Å². The number of rotatable bonds is 5. The summed E-state index contributed by atoms with van der Waals surface area (Å²) in [6.07, 6.45) is 7.25. The molecule has 4 heteroatoms. The highest BCUT2D eigenvalue weighted by molar-refractivity contribution is 9.09. The SMILES string of the molecule is O=C(c1ccccc1)N1[CH]N(CCCCBr)C2CCCCC21. The van der Waals surface area contributed by atoms with Crippen LogP contribution in [0.1, 0.15) is 48.9 Å². The third-order valence-electron chi connectivity index (χ3n) is 4.81. The molecule has 0 spiro atoms. The average molecular weight is 364 g/mol. The third-order valence-corrected chi connectivity index (χ3v) is 5.37. The van der Waals surface area contributed by atoms with Crippen molar-refractivity contribution in [3.63, 3.8) is 0 Å². The number of amides is 1. The van der Waals surface area contributed by atoms with Gasteiger partial charge in [0, 0.05) is 29.5 Å². The first-order valence-corrected chi connectivity index (χ1v) is 9.48. The molecular formula is C18H24BrN2O. The maximum absolute atomic E-state index is 12.8. The normalized spacial score (nSPS) is 25.2. The van der Waals surface area contributed by atoms with Crippen molar-refractivity contribution in [3.05, 3.63) is 42.6 Å². The molecule has 0 aromatic heterocycles. The Labute approximate surface area is 141 Å². The molecule has 0 bridgehead atoms. The van der Waals surface area contributed by atoms with E-state index in [1.54, 1.807) is 0 Å². The maximum atomic E-state index is 12.8. The fraction of sp³-hybridized carbons (Fsp3) is 0.556. The molecule has 1 aliphatic heterocycles. The van der Waals surface area contributed by atoms with Crippen LogP contribution >= 0.6 is 15.9 Å². The second-order valence-corrected chi connectivity index (χ2v) is 7.04. The zero-order valence-electron chi connectivity index (χ0n) is 13.0. The quantitative estimate of drug-likeness (QED) is 0.581. The van der Waals surface area contributed by atoms with Crippen LogP contribution < -0.4 is 0 Å². The molecule has 1 amide bonds. The minimum atomic E-state index is 0.153. The Bertz CT molecular complexity index is 493. The molecule has 119 valence electrons. The Balaban J connectivity index is 1.72. The number of hydrogen-bond donors (Lipinski definition) is 0. The van der Waals surface area contributed by atoms with Crippen LogP contribution in [-0.2, 0) is 0 Å². The first kappa shape index (κ1) is 16.0. The van der Waals surface area contributed by atoms with Gasteiger partial charge >= 0.3 is 0 Å². The van der Waals surface area contributed by atoms with Gasteiger partial charge in [0.15, 0.2) is 0 Å². The van der Waals surface area contributed by atoms with Gasteiger partial charge in [0.05, 0.1) is 0 Å². The van der Waals surface area contributed by atoms with Gasteiger partial charge in [0.2, 0.25) is 0 Å². The highest BCUT2D eigenvalue weighted by atomic mass is 79.9. The lowest BCUT2D eigenvalue weighted by atomic mass is 9.90. The van der Waals surface area contributed by atoms with Gasteiger partial charge in [-0.1, -0.05) is 47.0 Å². The number of benzene rings is 1. The zero-order valence-corrected chi connectivity index (χ0v) is 14.5. The van der Waals surface area contributed by atoms with Crippen LogP contribution in [0.5, 0.6) is 0 Å². The van der Waals surface area contributed by atoms with E-state index < -0.39 is 0 Å². The van der Waals surface area contributed by atoms with Gasteiger partial charge in [-0.05, 0) is 37.8 Å². The molecule has 2 atom stereocenters. The molecule has 22 heavy (non-hydrogen) atoms. The first-order chi connectivity index (χ1) is 10.8. The molecule has 1 saturated carbocycles. The fourth-order valence-corrected chi connectivity index (χ4v) is 4.08. The van der Waals surface area contributed by atoms with E-state index in [1.807, 2.05) is 35.2 Å². The summed E-state index contributed by atoms with van der Waals surface area (Å²) in [7, 11) is 0. The van der Waals surface area contributed by atoms with Gasteiger partial charge in [-0.2, -0.15) is 0 Å². The lowest BCUT2D eigenvalue weighted by Crippen LogP contribution is -2.42. The lowest BCUT2D eigenvalue weighted by molar-refractivity contribution is 0.0745. The van der Waals surface area contributed by atoms with Crippen LogP contribution in [-0.4, -0.2) is 39.7 Å². The second-order valence-electron chi connectivity index (χ2n) is 6.25. The molecule has 1 aromatic carbocycles. The molecule has 0 N–H and O–H groups in total. The van der Waals surface area contributed by atoms with E-state index >= 15 is 0 Å². The molecule has 1 aliphatic carbocycles. The molecule has 2 unspecified atom stereocenters. The standard InChI is InChI=1S/C18H24BrN2O/c19-12-6-7-13-20-14-21(17-11-5-4-10-16(17)20)18(22)15-8-2-1-3-9-15/h1-3,8-9,14,16-17H,4-7,10-13H2. The lowest BCUT2D eigenvalue weighted by Gasteiger charge is -2.32. The van der Waals surface area contributed by atoms with Crippen molar-refractivity contribution < 1.29 is 4.79 Å². The Morgan fingerprint density at radius 2 is 1.82 bits per heavy atom. The molecule has 2 aliphatic rings. The number of alkyl halides is 1. The number of hydrogen-bond acceptors (Lipinski definition) is 2. The topological polar surface area (TPSA) is 23.6 Å². The zero-order chi connectivity index (χ0) is 15.4. The number of fused-ring (bicyclic) bond motifs is 1. The monoisotopic (exact) mass is 363 g/mol. The first-order valence-electron chi connectivity index (χ1n) is 8.35. The van der Waals surface area contributed by atoms with Crippen molar-refractivity contribution in [2.24, 2.45) is 0 Å². The van der Waals surface area contributed by atoms with E-state index in [1.165, 1.54) is 32.1 Å². The Hall–Kier alpha value is -0.870. The summed E-state index contributed by atoms with van der Waals surface area (Å²) in [6.45, 7) is 3.16. The fourth-order valence-electron chi connectivity index (χ4n) is 3.68. The Morgan fingerprint density at radius 1 is 1.09 bits per heavy atom. The summed E-state index contributed by atoms with van der Waals surface area (Å²) < 4.78 is 0. The van der Waals surface area contributed by atoms with Crippen LogP contribution in [0.3, 0.4) is 0 Å². The number of unbranched alkanes of at least 4 members (excludes halogenated alkanes) is 1. The van der Waals surface area contributed by atoms with Crippen molar-refractivity contribution in [2.45, 2.75) is 50.6 Å². The van der Waals surface area contributed by atoms with Crippen molar-refractivity contribution >= 4 is 21.8 Å². The molecule has 3 rings (SSSR count). The summed E-state index contributed by atoms with van der Waals surface area (Å²) in [5.41, 5.74) is 0.797. The summed E-state index contributed by atoms with van der Waals surface area (Å²) in [5.74, 6) is 0.153. The number of carbonyl (C=O) groups excluding carboxylic acids is 1. The third kappa shape index (κ3) is 3.38. The summed E-state index contributed by atoms with van der Waals surface area (Å²) in [5, 5.41) is 1.06. The summed E-state index contributed by atoms with van der Waals surface area (Å²) in [4.78, 5) is 17.3. The van der Waals surface area contributed by atoms with Gasteiger partial charge < -0.3 is 4.90 Å². The molecule has 1 saturated heterocycles. The van der Waals surface area contributed by atoms with Crippen molar-refractivity contribution in [2.75, 3.05) is 11.9 Å². The van der Waals surface area contributed by atoms with Crippen LogP contribution in [0.4, 0.5) is 0 Å². The number of carbonyl (C=O) groups is 1. The van der Waals surface area contributed by atoms with Crippen molar-refractivity contribution in [3.8, 4) is 0 Å². The van der Waals surface area contributed by atoms with Gasteiger partial charge in [0.25, 0.3) is 5.91 Å². The maximum Gasteiger partial charge on any atom is 0.255 e. The van der Waals surface area contributed by atoms with Crippen molar-refractivity contribution in [1.29, 1.82) is 0 Å². The molecule has 1 radical (unpaired) electrons. The van der Waals surface area contributed by atoms with Gasteiger partial charge in [0.1, 0.15) is 6.67 Å². The average Bonchev–Trinajstić information content (AvgIpc) is 2.94. The smallest absolute Gasteiger partial charge is 0.255 e. The van der Waals surface area contributed by atoms with Crippen LogP contribution in [0.15, 0.2) is 30.3 Å². The van der Waals surface area contributed by atoms with E-state index in [0.29, 0.717) is 12.1 Å². The van der Waals surface area contributed by atoms with Crippen LogP contribution in [0.2, 0.25) is 0 Å². The summed E-state index contributed by atoms with van der Waals surface area (Å²) >= 11 is 3.50. The van der Waals surface area contributed by atoms with Gasteiger partial charge in [-0.3, -0.25) is 9.69 Å². The Kier molecular flexibility index (Phi) is 5.53. The minimum Gasteiger partial charge on any atom is -0.315 e. The Morgan fingerprint density at radius 3 is 2.55 bits per heavy atom. The van der Waals surface area contributed by atoms with Crippen LogP contribution in [0, 0.1) is 6.67 Å². The molecule has 3 nitrogen and oxygen atoms in total. The number of halogens is 1. The molecule has 2 fully saturated rings. The van der Waals surface area contributed by atoms with E-state index in [9.17, 15) is 4.79 Å². The summed E-state index contributed by atoms with van der Waals surface area (Å²) in [6, 6.07) is 10.6. The van der Waals surface area contributed by atoms with Crippen LogP contribution in [0.25, 0.3) is 0 Å². The van der Waals surface area contributed by atoms with E-state index in [-0.39, 0.29) is 5.91 Å². The molecule has 1 heterocycles. The molecule has 1 aromatic rings. The predicted molar refractivity (Wildman–Crippen MR) is 92.7 cm³/mol. The van der Waals surface area contributed by atoms with E-state index in [2.05, 4.69) is 27.5 Å². The highest BCUT2D eigenvalue weighted by Gasteiger charge is 2.43. The predicted octanol–water partition coefficient (Wildman–Crippen LogP) is 4.05. The highest BCUT2D eigenvalue weighted by Crippen LogP contribution is 2.35. The minimum absolute atomic E-state index is 0.153. The van der Waals surface area contributed by atoms with E-state index in [0.717, 1.165) is 23.9 Å².